The first-order valence-electron chi connectivity index (χ1n) is 7.86. The Labute approximate surface area is 154 Å². The van der Waals surface area contributed by atoms with Gasteiger partial charge in [-0.1, -0.05) is 30.3 Å². The fourth-order valence-electron chi connectivity index (χ4n) is 2.30. The summed E-state index contributed by atoms with van der Waals surface area (Å²) in [4.78, 5) is 28.8. The topological polar surface area (TPSA) is 80.3 Å². The van der Waals surface area contributed by atoms with Gasteiger partial charge in [-0.3, -0.25) is 10.1 Å². The van der Waals surface area contributed by atoms with Gasteiger partial charge in [0.2, 0.25) is 0 Å². The highest BCUT2D eigenvalue weighted by Gasteiger charge is 2.16. The number of thiazole rings is 1. The lowest BCUT2D eigenvalue weighted by Crippen LogP contribution is -2.12. The number of nitrogens with zero attached hydrogens (tertiary/aromatic N) is 1. The predicted molar refractivity (Wildman–Crippen MR) is 103 cm³/mol. The van der Waals surface area contributed by atoms with E-state index in [4.69, 9.17) is 0 Å². The van der Waals surface area contributed by atoms with Crippen LogP contribution in [0.5, 0.6) is 0 Å². The van der Waals surface area contributed by atoms with Gasteiger partial charge in [0.15, 0.2) is 0 Å². The molecule has 2 aromatic carbocycles. The highest BCUT2D eigenvalue weighted by molar-refractivity contribution is 7.17. The molecule has 0 saturated heterocycles. The number of benzene rings is 2. The van der Waals surface area contributed by atoms with Gasteiger partial charge < -0.3 is 10.1 Å². The Morgan fingerprint density at radius 3 is 2.19 bits per heavy atom. The van der Waals surface area contributed by atoms with Gasteiger partial charge in [-0.25, -0.2) is 9.78 Å². The van der Waals surface area contributed by atoms with Crippen molar-refractivity contribution in [2.45, 2.75) is 6.92 Å². The zero-order valence-electron chi connectivity index (χ0n) is 14.3. The minimum absolute atomic E-state index is 0.212. The molecule has 3 aromatic rings. The van der Waals surface area contributed by atoms with Crippen molar-refractivity contribution < 1.29 is 14.3 Å². The molecule has 0 radical (unpaired) electrons. The summed E-state index contributed by atoms with van der Waals surface area (Å²) in [6.45, 7) is 1.82. The molecule has 6 nitrogen and oxygen atoms in total. The molecular formula is C19H17N3O3S. The number of hydrogen-bond donors (Lipinski definition) is 2. The molecule has 0 fully saturated rings. The van der Waals surface area contributed by atoms with E-state index in [1.165, 1.54) is 18.4 Å². The predicted octanol–water partition coefficient (Wildman–Crippen LogP) is 4.55. The number of ether oxygens (including phenoxy) is 1. The van der Waals surface area contributed by atoms with Crippen molar-refractivity contribution in [2.75, 3.05) is 17.7 Å². The number of rotatable bonds is 4. The van der Waals surface area contributed by atoms with E-state index in [0.29, 0.717) is 21.9 Å². The Bertz CT molecular complexity index is 921. The lowest BCUT2D eigenvalue weighted by atomic mass is 10.2. The summed E-state index contributed by atoms with van der Waals surface area (Å²) in [7, 11) is 1.30. The number of carbonyl (C=O) groups excluding carboxylic acids is 2. The van der Waals surface area contributed by atoms with Gasteiger partial charge >= 0.3 is 6.09 Å². The zero-order valence-corrected chi connectivity index (χ0v) is 15.1. The molecule has 2 N–H and O–H groups in total. The first-order valence-corrected chi connectivity index (χ1v) is 8.67. The quantitative estimate of drug-likeness (QED) is 0.709. The summed E-state index contributed by atoms with van der Waals surface area (Å²) in [5.74, 6) is -0.212. The van der Waals surface area contributed by atoms with E-state index in [0.717, 1.165) is 10.6 Å². The second-order valence-corrected chi connectivity index (χ2v) is 6.45. The molecule has 0 aliphatic rings. The number of aryl methyl sites for hydroxylation is 1. The second kappa shape index (κ2) is 7.79. The van der Waals surface area contributed by atoms with Crippen molar-refractivity contribution in [3.63, 3.8) is 0 Å². The average molecular weight is 367 g/mol. The molecule has 26 heavy (non-hydrogen) atoms. The molecule has 0 aliphatic carbocycles. The van der Waals surface area contributed by atoms with Crippen LogP contribution in [0.4, 0.5) is 16.2 Å². The minimum Gasteiger partial charge on any atom is -0.453 e. The Balaban J connectivity index is 1.72. The van der Waals surface area contributed by atoms with Crippen molar-refractivity contribution in [1.29, 1.82) is 0 Å². The van der Waals surface area contributed by atoms with Gasteiger partial charge in [0.25, 0.3) is 5.91 Å². The molecule has 0 saturated carbocycles. The number of aromatic nitrogens is 1. The summed E-state index contributed by atoms with van der Waals surface area (Å²) < 4.78 is 4.53. The Kier molecular flexibility index (Phi) is 5.28. The fraction of sp³-hybridized carbons (Fsp3) is 0.105. The van der Waals surface area contributed by atoms with E-state index in [9.17, 15) is 9.59 Å². The molecule has 1 heterocycles. The third-order valence-corrected chi connectivity index (χ3v) is 4.80. The lowest BCUT2D eigenvalue weighted by molar-refractivity contribution is 0.102. The summed E-state index contributed by atoms with van der Waals surface area (Å²) in [5.41, 5.74) is 2.88. The van der Waals surface area contributed by atoms with Gasteiger partial charge in [-0.2, -0.15) is 0 Å². The molecule has 3 rings (SSSR count). The Hall–Kier alpha value is -3.19. The van der Waals surface area contributed by atoms with E-state index >= 15 is 0 Å². The van der Waals surface area contributed by atoms with Crippen LogP contribution >= 0.6 is 11.3 Å². The van der Waals surface area contributed by atoms with Crippen molar-refractivity contribution in [3.8, 4) is 10.6 Å². The van der Waals surface area contributed by atoms with Gasteiger partial charge in [0.1, 0.15) is 9.88 Å². The number of anilines is 2. The molecule has 7 heteroatoms. The van der Waals surface area contributed by atoms with E-state index < -0.39 is 6.09 Å². The van der Waals surface area contributed by atoms with Crippen molar-refractivity contribution >= 4 is 34.7 Å². The Morgan fingerprint density at radius 2 is 1.58 bits per heavy atom. The van der Waals surface area contributed by atoms with Gasteiger partial charge in [-0.05, 0) is 31.2 Å². The maximum Gasteiger partial charge on any atom is 0.411 e. The lowest BCUT2D eigenvalue weighted by Gasteiger charge is -2.06. The number of hydrogen-bond acceptors (Lipinski definition) is 5. The normalized spacial score (nSPS) is 10.2. The monoisotopic (exact) mass is 367 g/mol. The molecule has 0 unspecified atom stereocenters. The minimum atomic E-state index is -0.546. The average Bonchev–Trinajstić information content (AvgIpc) is 3.06. The molecule has 0 spiro atoms. The van der Waals surface area contributed by atoms with E-state index in [1.54, 1.807) is 24.3 Å². The van der Waals surface area contributed by atoms with Gasteiger partial charge in [-0.15, -0.1) is 11.3 Å². The van der Waals surface area contributed by atoms with Crippen LogP contribution in [0.3, 0.4) is 0 Å². The largest absolute Gasteiger partial charge is 0.453 e. The summed E-state index contributed by atoms with van der Waals surface area (Å²) in [6, 6.07) is 16.5. The number of carbonyl (C=O) groups is 2. The standard InChI is InChI=1S/C19H17N3O3S/c1-12-16(26-18(20-12)13-6-4-3-5-7-13)17(23)21-14-8-10-15(11-9-14)22-19(24)25-2/h3-11H,1-2H3,(H,21,23)(H,22,24). The molecule has 0 atom stereocenters. The maximum absolute atomic E-state index is 12.6. The van der Waals surface area contributed by atoms with Crippen LogP contribution < -0.4 is 10.6 Å². The van der Waals surface area contributed by atoms with Crippen LogP contribution in [0.25, 0.3) is 10.6 Å². The molecular weight excluding hydrogens is 350 g/mol. The first-order chi connectivity index (χ1) is 12.6. The van der Waals surface area contributed by atoms with Crippen LogP contribution in [0.15, 0.2) is 54.6 Å². The maximum atomic E-state index is 12.6. The zero-order chi connectivity index (χ0) is 18.5. The van der Waals surface area contributed by atoms with E-state index in [2.05, 4.69) is 20.4 Å². The van der Waals surface area contributed by atoms with Crippen LogP contribution in [0.1, 0.15) is 15.4 Å². The first kappa shape index (κ1) is 17.6. The van der Waals surface area contributed by atoms with E-state index in [-0.39, 0.29) is 5.91 Å². The van der Waals surface area contributed by atoms with Crippen molar-refractivity contribution in [2.24, 2.45) is 0 Å². The Morgan fingerprint density at radius 1 is 0.962 bits per heavy atom. The second-order valence-electron chi connectivity index (χ2n) is 5.45. The summed E-state index contributed by atoms with van der Waals surface area (Å²) in [6.07, 6.45) is -0.546. The molecule has 132 valence electrons. The number of methoxy groups -OCH3 is 1. The van der Waals surface area contributed by atoms with Crippen LogP contribution in [0.2, 0.25) is 0 Å². The fourth-order valence-corrected chi connectivity index (χ4v) is 3.27. The summed E-state index contributed by atoms with van der Waals surface area (Å²) in [5, 5.41) is 6.21. The SMILES string of the molecule is COC(=O)Nc1ccc(NC(=O)c2sc(-c3ccccc3)nc2C)cc1. The summed E-state index contributed by atoms with van der Waals surface area (Å²) >= 11 is 1.36. The van der Waals surface area contributed by atoms with Crippen molar-refractivity contribution in [1.82, 2.24) is 4.98 Å². The van der Waals surface area contributed by atoms with Crippen LogP contribution in [-0.2, 0) is 4.74 Å². The molecule has 0 aliphatic heterocycles. The molecule has 1 aromatic heterocycles. The van der Waals surface area contributed by atoms with Crippen molar-refractivity contribution in [3.05, 3.63) is 65.2 Å². The number of nitrogens with one attached hydrogen (secondary N) is 2. The van der Waals surface area contributed by atoms with Crippen LogP contribution in [0, 0.1) is 6.92 Å². The van der Waals surface area contributed by atoms with Gasteiger partial charge in [0.05, 0.1) is 12.8 Å². The third-order valence-electron chi connectivity index (χ3n) is 3.60. The molecule has 2 amide bonds. The van der Waals surface area contributed by atoms with Gasteiger partial charge in [0, 0.05) is 16.9 Å². The van der Waals surface area contributed by atoms with Crippen LogP contribution in [-0.4, -0.2) is 24.1 Å². The number of amides is 2. The highest BCUT2D eigenvalue weighted by Crippen LogP contribution is 2.28. The highest BCUT2D eigenvalue weighted by atomic mass is 32.1. The smallest absolute Gasteiger partial charge is 0.411 e. The molecule has 0 bridgehead atoms. The third kappa shape index (κ3) is 4.07. The van der Waals surface area contributed by atoms with E-state index in [1.807, 2.05) is 37.3 Å².